The van der Waals surface area contributed by atoms with Gasteiger partial charge < -0.3 is 0 Å². The van der Waals surface area contributed by atoms with Crippen molar-refractivity contribution in [3.05, 3.63) is 0 Å². The van der Waals surface area contributed by atoms with Crippen molar-refractivity contribution in [2.24, 2.45) is 0 Å². The van der Waals surface area contributed by atoms with E-state index in [-0.39, 0.29) is 0 Å². The first-order chi connectivity index (χ1) is 3.72. The van der Waals surface area contributed by atoms with Crippen LogP contribution in [-0.2, 0) is 0 Å². The third-order valence-electron chi connectivity index (χ3n) is 0.921. The van der Waals surface area contributed by atoms with Gasteiger partial charge in [-0.15, -0.1) is 0 Å². The van der Waals surface area contributed by atoms with Gasteiger partial charge >= 0.3 is 5.96 Å². The van der Waals surface area contributed by atoms with Crippen LogP contribution < -0.4 is 10.6 Å². The second-order valence-corrected chi connectivity index (χ2v) is 1.74. The second-order valence-electron chi connectivity index (χ2n) is 1.74. The standard InChI is InChI=1S/C5H13N3/c1-6-5(7-2)8(3)4/h1-4H3,(H,6,7)/p+1. The number of hydrogen-bond acceptors (Lipinski definition) is 0. The van der Waals surface area contributed by atoms with Crippen LogP contribution in [0.2, 0.25) is 0 Å². The molecule has 0 saturated heterocycles. The van der Waals surface area contributed by atoms with Crippen LogP contribution in [0.5, 0.6) is 0 Å². The van der Waals surface area contributed by atoms with E-state index in [1.807, 2.05) is 32.8 Å². The highest BCUT2D eigenvalue weighted by Gasteiger charge is 1.95. The summed E-state index contributed by atoms with van der Waals surface area (Å²) in [5.41, 5.74) is 0. The van der Waals surface area contributed by atoms with Gasteiger partial charge in [-0.1, -0.05) is 0 Å². The zero-order valence-electron chi connectivity index (χ0n) is 5.95. The summed E-state index contributed by atoms with van der Waals surface area (Å²) in [5.74, 6) is 1.02. The largest absolute Gasteiger partial charge is 0.344 e. The Labute approximate surface area is 50.4 Å². The quantitative estimate of drug-likeness (QED) is 0.243. The van der Waals surface area contributed by atoms with E-state index in [2.05, 4.69) is 10.6 Å². The number of rotatable bonds is 0. The van der Waals surface area contributed by atoms with Gasteiger partial charge in [0.15, 0.2) is 0 Å². The fraction of sp³-hybridized carbons (Fsp3) is 0.800. The Morgan fingerprint density at radius 1 is 1.12 bits per heavy atom. The molecule has 0 rings (SSSR count). The minimum atomic E-state index is 1.02. The van der Waals surface area contributed by atoms with Crippen molar-refractivity contribution in [3.63, 3.8) is 0 Å². The van der Waals surface area contributed by atoms with Crippen molar-refractivity contribution in [1.82, 2.24) is 10.6 Å². The molecule has 0 bridgehead atoms. The maximum atomic E-state index is 2.98. The highest BCUT2D eigenvalue weighted by molar-refractivity contribution is 5.73. The summed E-state index contributed by atoms with van der Waals surface area (Å²) < 4.78 is 1.97. The number of hydrogen-bond donors (Lipinski definition) is 2. The van der Waals surface area contributed by atoms with Crippen molar-refractivity contribution in [2.45, 2.75) is 0 Å². The SMILES string of the molecule is CNC(NC)=[N+](C)C. The smallest absolute Gasteiger partial charge is 0.281 e. The van der Waals surface area contributed by atoms with E-state index in [1.54, 1.807) is 0 Å². The molecule has 3 nitrogen and oxygen atoms in total. The van der Waals surface area contributed by atoms with E-state index in [1.165, 1.54) is 0 Å². The van der Waals surface area contributed by atoms with Gasteiger partial charge in [0, 0.05) is 0 Å². The van der Waals surface area contributed by atoms with Crippen molar-refractivity contribution >= 4 is 5.96 Å². The fourth-order valence-corrected chi connectivity index (χ4v) is 0.572. The van der Waals surface area contributed by atoms with Crippen molar-refractivity contribution in [2.75, 3.05) is 28.2 Å². The molecule has 0 fully saturated rings. The molecule has 0 radical (unpaired) electrons. The molecule has 0 atom stereocenters. The van der Waals surface area contributed by atoms with E-state index < -0.39 is 0 Å². The Bertz CT molecular complexity index is 85.8. The first-order valence-corrected chi connectivity index (χ1v) is 2.62. The molecular formula is C5H14N3+. The van der Waals surface area contributed by atoms with Crippen LogP contribution in [0.3, 0.4) is 0 Å². The minimum Gasteiger partial charge on any atom is -0.281 e. The highest BCUT2D eigenvalue weighted by Crippen LogP contribution is 1.56. The summed E-state index contributed by atoms with van der Waals surface area (Å²) in [6.45, 7) is 0. The van der Waals surface area contributed by atoms with E-state index in [4.69, 9.17) is 0 Å². The van der Waals surface area contributed by atoms with Crippen molar-refractivity contribution in [3.8, 4) is 0 Å². The summed E-state index contributed by atoms with van der Waals surface area (Å²) in [6, 6.07) is 0. The third kappa shape index (κ3) is 1.82. The Hall–Kier alpha value is -0.730. The average Bonchev–Trinajstić information content (AvgIpc) is 1.69. The predicted molar refractivity (Wildman–Crippen MR) is 35.2 cm³/mol. The molecule has 0 unspecified atom stereocenters. The second kappa shape index (κ2) is 3.29. The molecule has 0 spiro atoms. The monoisotopic (exact) mass is 116 g/mol. The Morgan fingerprint density at radius 3 is 1.50 bits per heavy atom. The molecule has 0 aromatic carbocycles. The molecule has 0 amide bonds. The Kier molecular flexibility index (Phi) is 2.99. The van der Waals surface area contributed by atoms with Crippen LogP contribution >= 0.6 is 0 Å². The molecule has 0 aromatic heterocycles. The normalized spacial score (nSPS) is 8.00. The molecule has 3 heteroatoms. The Balaban J connectivity index is 3.86. The highest BCUT2D eigenvalue weighted by atomic mass is 15.2. The van der Waals surface area contributed by atoms with Gasteiger partial charge in [-0.25, -0.2) is 0 Å². The fourth-order valence-electron chi connectivity index (χ4n) is 0.572. The molecule has 0 aliphatic heterocycles. The zero-order valence-corrected chi connectivity index (χ0v) is 5.95. The first kappa shape index (κ1) is 7.27. The van der Waals surface area contributed by atoms with Crippen LogP contribution in [0, 0.1) is 0 Å². The lowest BCUT2D eigenvalue weighted by Gasteiger charge is -1.98. The van der Waals surface area contributed by atoms with Crippen LogP contribution in [0.4, 0.5) is 0 Å². The molecule has 2 N–H and O–H groups in total. The summed E-state index contributed by atoms with van der Waals surface area (Å²) in [5, 5.41) is 5.97. The number of nitrogens with zero attached hydrogens (tertiary/aromatic N) is 1. The summed E-state index contributed by atoms with van der Waals surface area (Å²) >= 11 is 0. The van der Waals surface area contributed by atoms with Crippen LogP contribution in [-0.4, -0.2) is 38.7 Å². The molecule has 0 aliphatic rings. The lowest BCUT2D eigenvalue weighted by Crippen LogP contribution is -2.38. The maximum Gasteiger partial charge on any atom is 0.344 e. The number of nitrogens with one attached hydrogen (secondary N) is 2. The molecule has 0 aromatic rings. The molecular weight excluding hydrogens is 102 g/mol. The third-order valence-corrected chi connectivity index (χ3v) is 0.921. The molecule has 0 heterocycles. The van der Waals surface area contributed by atoms with Gasteiger partial charge in [0.2, 0.25) is 0 Å². The van der Waals surface area contributed by atoms with Crippen molar-refractivity contribution < 1.29 is 4.58 Å². The first-order valence-electron chi connectivity index (χ1n) is 2.62. The molecule has 48 valence electrons. The lowest BCUT2D eigenvalue weighted by atomic mass is 10.8. The van der Waals surface area contributed by atoms with E-state index >= 15 is 0 Å². The maximum absolute atomic E-state index is 2.98. The summed E-state index contributed by atoms with van der Waals surface area (Å²) in [6.07, 6.45) is 0. The van der Waals surface area contributed by atoms with Gasteiger partial charge in [-0.2, -0.15) is 0 Å². The average molecular weight is 116 g/mol. The van der Waals surface area contributed by atoms with Gasteiger partial charge in [0.25, 0.3) is 0 Å². The summed E-state index contributed by atoms with van der Waals surface area (Å²) in [7, 11) is 7.71. The Morgan fingerprint density at radius 2 is 1.50 bits per heavy atom. The van der Waals surface area contributed by atoms with E-state index in [0.29, 0.717) is 0 Å². The zero-order chi connectivity index (χ0) is 6.57. The molecule has 0 aliphatic carbocycles. The predicted octanol–water partition coefficient (Wildman–Crippen LogP) is -0.947. The van der Waals surface area contributed by atoms with Crippen LogP contribution in [0.15, 0.2) is 0 Å². The van der Waals surface area contributed by atoms with Crippen LogP contribution in [0.25, 0.3) is 0 Å². The van der Waals surface area contributed by atoms with Crippen molar-refractivity contribution in [1.29, 1.82) is 0 Å². The summed E-state index contributed by atoms with van der Waals surface area (Å²) in [4.78, 5) is 0. The number of guanidine groups is 1. The molecule has 0 saturated carbocycles. The van der Waals surface area contributed by atoms with E-state index in [9.17, 15) is 0 Å². The lowest BCUT2D eigenvalue weighted by molar-refractivity contribution is -0.468. The minimum absolute atomic E-state index is 1.02. The molecule has 8 heavy (non-hydrogen) atoms. The topological polar surface area (TPSA) is 27.1 Å². The van der Waals surface area contributed by atoms with Gasteiger partial charge in [0.05, 0.1) is 28.2 Å². The van der Waals surface area contributed by atoms with Gasteiger partial charge in [-0.05, 0) is 0 Å². The van der Waals surface area contributed by atoms with Gasteiger partial charge in [-0.3, -0.25) is 15.2 Å². The van der Waals surface area contributed by atoms with Gasteiger partial charge in [0.1, 0.15) is 0 Å². The van der Waals surface area contributed by atoms with Crippen LogP contribution in [0.1, 0.15) is 0 Å². The van der Waals surface area contributed by atoms with E-state index in [0.717, 1.165) is 5.96 Å².